The molecule has 1 aliphatic rings. The zero-order chi connectivity index (χ0) is 39.2. The minimum Gasteiger partial charge on any atom is -0.0654 e. The summed E-state index contributed by atoms with van der Waals surface area (Å²) in [7, 11) is 0. The van der Waals surface area contributed by atoms with Crippen molar-refractivity contribution in [3.8, 4) is 66.8 Å². The lowest BCUT2D eigenvalue weighted by Gasteiger charge is -2.37. The summed E-state index contributed by atoms with van der Waals surface area (Å²) in [5.74, 6) is 0.473. The van der Waals surface area contributed by atoms with Crippen molar-refractivity contribution < 1.29 is 0 Å². The zero-order valence-corrected chi connectivity index (χ0v) is 33.7. The smallest absolute Gasteiger partial charge is 0.0238 e. The highest BCUT2D eigenvalue weighted by Gasteiger charge is 2.45. The molecule has 0 aromatic heterocycles. The SMILES string of the molecule is CCCCC1(C(C)C)c2ccccc2-c2ccc(-c3c4ccccc4c(-c4ccc(-c5cc(-c6ccccc6)cc(-c6ccccc6)c5)cc4)c4ccccc34)cc21. The molecule has 280 valence electrons. The van der Waals surface area contributed by atoms with Gasteiger partial charge in [-0.15, -0.1) is 0 Å². The number of hydrogen-bond donors (Lipinski definition) is 0. The maximum absolute atomic E-state index is 2.57. The van der Waals surface area contributed by atoms with Gasteiger partial charge in [-0.05, 0) is 136 Å². The molecule has 0 nitrogen and oxygen atoms in total. The molecule has 0 aliphatic heterocycles. The van der Waals surface area contributed by atoms with Gasteiger partial charge in [-0.2, -0.15) is 0 Å². The third kappa shape index (κ3) is 5.90. The highest BCUT2D eigenvalue weighted by atomic mass is 14.5. The molecule has 0 saturated heterocycles. The molecule has 0 heterocycles. The predicted octanol–water partition coefficient (Wildman–Crippen LogP) is 16.4. The molecular formula is C58H48. The third-order valence-electron chi connectivity index (χ3n) is 13.0. The molecule has 1 atom stereocenters. The monoisotopic (exact) mass is 744 g/mol. The van der Waals surface area contributed by atoms with E-state index in [4.69, 9.17) is 0 Å². The third-order valence-corrected chi connectivity index (χ3v) is 13.0. The second kappa shape index (κ2) is 14.8. The normalized spacial score (nSPS) is 14.6. The number of benzene rings is 9. The summed E-state index contributed by atoms with van der Waals surface area (Å²) in [4.78, 5) is 0. The first-order chi connectivity index (χ1) is 28.5. The molecule has 0 amide bonds. The van der Waals surface area contributed by atoms with Crippen LogP contribution in [0.3, 0.4) is 0 Å². The molecular weight excluding hydrogens is 697 g/mol. The first-order valence-corrected chi connectivity index (χ1v) is 21.1. The van der Waals surface area contributed by atoms with E-state index in [1.54, 1.807) is 0 Å². The Morgan fingerprint density at radius 1 is 0.362 bits per heavy atom. The molecule has 58 heavy (non-hydrogen) atoms. The van der Waals surface area contributed by atoms with Crippen molar-refractivity contribution in [3.05, 3.63) is 205 Å². The van der Waals surface area contributed by atoms with Gasteiger partial charge in [0.25, 0.3) is 0 Å². The van der Waals surface area contributed by atoms with Crippen molar-refractivity contribution in [2.75, 3.05) is 0 Å². The maximum Gasteiger partial charge on any atom is 0.0238 e. The van der Waals surface area contributed by atoms with Crippen molar-refractivity contribution >= 4 is 21.5 Å². The Bertz CT molecular complexity index is 2820. The Hall–Kier alpha value is -6.50. The Labute approximate surface area is 343 Å². The predicted molar refractivity (Wildman–Crippen MR) is 249 cm³/mol. The van der Waals surface area contributed by atoms with Crippen LogP contribution in [-0.4, -0.2) is 0 Å². The lowest BCUT2D eigenvalue weighted by atomic mass is 9.66. The van der Waals surface area contributed by atoms with Crippen LogP contribution in [0.25, 0.3) is 88.3 Å². The van der Waals surface area contributed by atoms with Crippen LogP contribution in [0.4, 0.5) is 0 Å². The summed E-state index contributed by atoms with van der Waals surface area (Å²) in [6.07, 6.45) is 3.57. The fourth-order valence-corrected chi connectivity index (χ4v) is 10.2. The average Bonchev–Trinajstić information content (AvgIpc) is 3.57. The van der Waals surface area contributed by atoms with Gasteiger partial charge in [0.1, 0.15) is 0 Å². The standard InChI is InChI=1S/C58H48/c1-4-5-34-58(39(2)3)54-27-17-16-22-48(54)49-33-32-44(38-55(49)58)57-52-25-14-12-23-50(52)56(51-24-13-15-26-53(51)57)43-30-28-42(29-31-43)47-36-45(40-18-8-6-9-19-40)35-46(37-47)41-20-10-7-11-21-41/h6-33,35-39H,4-5,34H2,1-3H3. The molecule has 1 unspecified atom stereocenters. The second-order valence-electron chi connectivity index (χ2n) is 16.5. The van der Waals surface area contributed by atoms with Crippen LogP contribution in [-0.2, 0) is 5.41 Å². The first-order valence-electron chi connectivity index (χ1n) is 21.1. The van der Waals surface area contributed by atoms with Crippen LogP contribution in [0, 0.1) is 5.92 Å². The molecule has 0 fully saturated rings. The molecule has 10 rings (SSSR count). The van der Waals surface area contributed by atoms with E-state index in [9.17, 15) is 0 Å². The summed E-state index contributed by atoms with van der Waals surface area (Å²) in [6, 6.07) is 72.4. The van der Waals surface area contributed by atoms with Gasteiger partial charge in [-0.25, -0.2) is 0 Å². The maximum atomic E-state index is 2.57. The fourth-order valence-electron chi connectivity index (χ4n) is 10.2. The molecule has 0 radical (unpaired) electrons. The van der Waals surface area contributed by atoms with Crippen molar-refractivity contribution in [2.24, 2.45) is 5.92 Å². The summed E-state index contributed by atoms with van der Waals surface area (Å²) < 4.78 is 0. The van der Waals surface area contributed by atoms with Crippen LogP contribution in [0.15, 0.2) is 194 Å². The highest BCUT2D eigenvalue weighted by Crippen LogP contribution is 2.56. The molecule has 9 aromatic carbocycles. The van der Waals surface area contributed by atoms with Gasteiger partial charge in [-0.1, -0.05) is 203 Å². The highest BCUT2D eigenvalue weighted by molar-refractivity contribution is 6.21. The van der Waals surface area contributed by atoms with Crippen molar-refractivity contribution in [1.82, 2.24) is 0 Å². The molecule has 0 N–H and O–H groups in total. The van der Waals surface area contributed by atoms with Gasteiger partial charge in [0, 0.05) is 5.41 Å². The lowest BCUT2D eigenvalue weighted by Crippen LogP contribution is -2.31. The molecule has 0 heteroatoms. The zero-order valence-electron chi connectivity index (χ0n) is 33.7. The minimum absolute atomic E-state index is 0.00624. The van der Waals surface area contributed by atoms with Crippen LogP contribution < -0.4 is 0 Å². The fraction of sp³-hybridized carbons (Fsp3) is 0.138. The Kier molecular flexibility index (Phi) is 9.14. The van der Waals surface area contributed by atoms with E-state index in [0.29, 0.717) is 5.92 Å². The van der Waals surface area contributed by atoms with Gasteiger partial charge in [0.05, 0.1) is 0 Å². The molecule has 0 spiro atoms. The van der Waals surface area contributed by atoms with Gasteiger partial charge in [0.15, 0.2) is 0 Å². The number of fused-ring (bicyclic) bond motifs is 5. The van der Waals surface area contributed by atoms with E-state index in [-0.39, 0.29) is 5.41 Å². The quantitative estimate of drug-likeness (QED) is 0.129. The van der Waals surface area contributed by atoms with E-state index < -0.39 is 0 Å². The summed E-state index contributed by atoms with van der Waals surface area (Å²) in [5, 5.41) is 5.16. The van der Waals surface area contributed by atoms with Gasteiger partial charge in [0.2, 0.25) is 0 Å². The van der Waals surface area contributed by atoms with Gasteiger partial charge in [-0.3, -0.25) is 0 Å². The number of rotatable bonds is 9. The molecule has 0 saturated carbocycles. The van der Waals surface area contributed by atoms with E-state index >= 15 is 0 Å². The van der Waals surface area contributed by atoms with Crippen LogP contribution in [0.1, 0.15) is 51.2 Å². The average molecular weight is 745 g/mol. The lowest BCUT2D eigenvalue weighted by molar-refractivity contribution is 0.343. The number of hydrogen-bond acceptors (Lipinski definition) is 0. The largest absolute Gasteiger partial charge is 0.0654 e. The van der Waals surface area contributed by atoms with Crippen LogP contribution >= 0.6 is 0 Å². The van der Waals surface area contributed by atoms with Gasteiger partial charge >= 0.3 is 0 Å². The minimum atomic E-state index is -0.00624. The van der Waals surface area contributed by atoms with E-state index in [1.165, 1.54) is 112 Å². The molecule has 1 aliphatic carbocycles. The van der Waals surface area contributed by atoms with E-state index in [2.05, 4.69) is 215 Å². The topological polar surface area (TPSA) is 0 Å². The molecule has 9 aromatic rings. The van der Waals surface area contributed by atoms with Crippen molar-refractivity contribution in [1.29, 1.82) is 0 Å². The summed E-state index contributed by atoms with van der Waals surface area (Å²) in [5.41, 5.74) is 18.3. The van der Waals surface area contributed by atoms with Crippen molar-refractivity contribution in [3.63, 3.8) is 0 Å². The Balaban J connectivity index is 1.13. The van der Waals surface area contributed by atoms with E-state index in [0.717, 1.165) is 6.42 Å². The van der Waals surface area contributed by atoms with Gasteiger partial charge < -0.3 is 0 Å². The Morgan fingerprint density at radius 3 is 1.29 bits per heavy atom. The van der Waals surface area contributed by atoms with Crippen LogP contribution in [0.5, 0.6) is 0 Å². The molecule has 0 bridgehead atoms. The van der Waals surface area contributed by atoms with Crippen LogP contribution in [0.2, 0.25) is 0 Å². The summed E-state index contributed by atoms with van der Waals surface area (Å²) in [6.45, 7) is 7.19. The first kappa shape index (κ1) is 35.9. The number of unbranched alkanes of at least 4 members (excludes halogenated alkanes) is 1. The Morgan fingerprint density at radius 2 is 0.776 bits per heavy atom. The second-order valence-corrected chi connectivity index (χ2v) is 16.5. The van der Waals surface area contributed by atoms with Crippen molar-refractivity contribution in [2.45, 2.75) is 45.4 Å². The summed E-state index contributed by atoms with van der Waals surface area (Å²) >= 11 is 0. The van der Waals surface area contributed by atoms with E-state index in [1.807, 2.05) is 0 Å².